The lowest BCUT2D eigenvalue weighted by molar-refractivity contribution is -0.125. The summed E-state index contributed by atoms with van der Waals surface area (Å²) in [5.74, 6) is -0.517. The smallest absolute Gasteiger partial charge is 0.246 e. The number of nitrogens with zero attached hydrogens (tertiary/aromatic N) is 1. The van der Waals surface area contributed by atoms with Gasteiger partial charge in [-0.15, -0.1) is 0 Å². The highest BCUT2D eigenvalue weighted by molar-refractivity contribution is 9.10. The van der Waals surface area contributed by atoms with E-state index in [0.717, 1.165) is 15.6 Å². The van der Waals surface area contributed by atoms with Crippen molar-refractivity contribution >= 4 is 27.9 Å². The third-order valence-corrected chi connectivity index (χ3v) is 3.90. The third kappa shape index (κ3) is 4.28. The Balaban J connectivity index is 2.07. The molecule has 2 nitrogen and oxygen atoms in total. The Morgan fingerprint density at radius 2 is 2.00 bits per heavy atom. The number of rotatable bonds is 4. The van der Waals surface area contributed by atoms with Gasteiger partial charge in [-0.05, 0) is 42.3 Å². The van der Waals surface area contributed by atoms with Crippen molar-refractivity contribution in [1.82, 2.24) is 4.90 Å². The second-order valence-corrected chi connectivity index (χ2v) is 6.04. The van der Waals surface area contributed by atoms with Crippen LogP contribution in [0.15, 0.2) is 53.0 Å². The number of carbonyl (C=O) groups is 1. The van der Waals surface area contributed by atoms with Crippen LogP contribution in [0, 0.1) is 12.7 Å². The van der Waals surface area contributed by atoms with E-state index in [1.54, 1.807) is 24.1 Å². The first-order chi connectivity index (χ1) is 10.5. The van der Waals surface area contributed by atoms with Crippen LogP contribution < -0.4 is 0 Å². The molecule has 1 amide bonds. The zero-order valence-electron chi connectivity index (χ0n) is 12.5. The maximum absolute atomic E-state index is 13.6. The van der Waals surface area contributed by atoms with Crippen LogP contribution in [0.2, 0.25) is 0 Å². The second-order valence-electron chi connectivity index (χ2n) is 5.12. The number of carbonyl (C=O) groups excluding carboxylic acids is 1. The van der Waals surface area contributed by atoms with E-state index in [4.69, 9.17) is 0 Å². The molecule has 114 valence electrons. The number of halogens is 2. The highest BCUT2D eigenvalue weighted by Crippen LogP contribution is 2.17. The van der Waals surface area contributed by atoms with Crippen LogP contribution in [0.4, 0.5) is 4.39 Å². The van der Waals surface area contributed by atoms with E-state index in [-0.39, 0.29) is 11.7 Å². The summed E-state index contributed by atoms with van der Waals surface area (Å²) in [6.07, 6.45) is 2.89. The molecule has 0 N–H and O–H groups in total. The largest absolute Gasteiger partial charge is 0.338 e. The molecule has 2 aromatic rings. The van der Waals surface area contributed by atoms with Crippen LogP contribution in [0.1, 0.15) is 16.7 Å². The molecule has 0 spiro atoms. The predicted molar refractivity (Wildman–Crippen MR) is 90.8 cm³/mol. The first-order valence-corrected chi connectivity index (χ1v) is 7.69. The topological polar surface area (TPSA) is 20.3 Å². The fourth-order valence-electron chi connectivity index (χ4n) is 2.05. The summed E-state index contributed by atoms with van der Waals surface area (Å²) in [6, 6.07) is 12.6. The molecule has 0 aliphatic rings. The fraction of sp³-hybridized carbons (Fsp3) is 0.167. The van der Waals surface area contributed by atoms with E-state index in [9.17, 15) is 9.18 Å². The van der Waals surface area contributed by atoms with Crippen LogP contribution in [0.25, 0.3) is 6.08 Å². The van der Waals surface area contributed by atoms with Crippen molar-refractivity contribution in [3.05, 3.63) is 75.5 Å². The summed E-state index contributed by atoms with van der Waals surface area (Å²) in [6.45, 7) is 2.54. The van der Waals surface area contributed by atoms with E-state index >= 15 is 0 Å². The van der Waals surface area contributed by atoms with E-state index in [1.165, 1.54) is 18.2 Å². The van der Waals surface area contributed by atoms with Crippen LogP contribution >= 0.6 is 15.9 Å². The zero-order valence-corrected chi connectivity index (χ0v) is 14.1. The lowest BCUT2D eigenvalue weighted by Crippen LogP contribution is -2.24. The molecule has 2 aromatic carbocycles. The quantitative estimate of drug-likeness (QED) is 0.730. The molecule has 0 aliphatic heterocycles. The van der Waals surface area contributed by atoms with Crippen molar-refractivity contribution in [3.63, 3.8) is 0 Å². The minimum atomic E-state index is -0.353. The van der Waals surface area contributed by atoms with Gasteiger partial charge < -0.3 is 4.90 Å². The minimum absolute atomic E-state index is 0.164. The molecule has 0 atom stereocenters. The molecule has 0 fully saturated rings. The van der Waals surface area contributed by atoms with Gasteiger partial charge in [-0.2, -0.15) is 0 Å². The molecule has 4 heteroatoms. The highest BCUT2D eigenvalue weighted by Gasteiger charge is 2.08. The zero-order chi connectivity index (χ0) is 16.1. The Hall–Kier alpha value is -1.94. The van der Waals surface area contributed by atoms with Crippen molar-refractivity contribution in [3.8, 4) is 0 Å². The molecule has 0 heterocycles. The number of hydrogen-bond donors (Lipinski definition) is 0. The van der Waals surface area contributed by atoms with Crippen molar-refractivity contribution in [1.29, 1.82) is 0 Å². The standard InChI is InChI=1S/C18H17BrFNO/c1-13-5-3-4-6-15(13)12-21(2)18(22)10-7-14-11-16(19)8-9-17(14)20/h3-11H,12H2,1-2H3/b10-7+. The number of hydrogen-bond acceptors (Lipinski definition) is 1. The van der Waals surface area contributed by atoms with Gasteiger partial charge in [0.1, 0.15) is 5.82 Å². The molecule has 0 saturated heterocycles. The number of likely N-dealkylation sites (N-methyl/N-ethyl adjacent to an activating group) is 1. The van der Waals surface area contributed by atoms with Crippen molar-refractivity contribution in [2.45, 2.75) is 13.5 Å². The average molecular weight is 362 g/mol. The van der Waals surface area contributed by atoms with Crippen LogP contribution in [-0.4, -0.2) is 17.9 Å². The average Bonchev–Trinajstić information content (AvgIpc) is 2.50. The monoisotopic (exact) mass is 361 g/mol. The van der Waals surface area contributed by atoms with E-state index in [2.05, 4.69) is 15.9 Å². The van der Waals surface area contributed by atoms with E-state index in [0.29, 0.717) is 12.1 Å². The highest BCUT2D eigenvalue weighted by atomic mass is 79.9. The molecule has 0 radical (unpaired) electrons. The maximum Gasteiger partial charge on any atom is 0.246 e. The van der Waals surface area contributed by atoms with Gasteiger partial charge in [-0.3, -0.25) is 4.79 Å². The Labute approximate surface area is 138 Å². The number of aryl methyl sites for hydroxylation is 1. The Bertz CT molecular complexity index is 712. The van der Waals surface area contributed by atoms with Crippen LogP contribution in [-0.2, 0) is 11.3 Å². The van der Waals surface area contributed by atoms with Crippen LogP contribution in [0.5, 0.6) is 0 Å². The fourth-order valence-corrected chi connectivity index (χ4v) is 2.43. The van der Waals surface area contributed by atoms with Crippen molar-refractivity contribution < 1.29 is 9.18 Å². The molecule has 0 unspecified atom stereocenters. The Morgan fingerprint density at radius 1 is 1.27 bits per heavy atom. The molecular formula is C18H17BrFNO. The summed E-state index contributed by atoms with van der Waals surface area (Å²) < 4.78 is 14.4. The van der Waals surface area contributed by atoms with Gasteiger partial charge in [0.2, 0.25) is 5.91 Å². The lowest BCUT2D eigenvalue weighted by atomic mass is 10.1. The maximum atomic E-state index is 13.6. The molecule has 22 heavy (non-hydrogen) atoms. The molecule has 0 bridgehead atoms. The van der Waals surface area contributed by atoms with Gasteiger partial charge >= 0.3 is 0 Å². The number of amides is 1. The van der Waals surface area contributed by atoms with Gasteiger partial charge in [0.25, 0.3) is 0 Å². The first kappa shape index (κ1) is 16.4. The summed E-state index contributed by atoms with van der Waals surface area (Å²) in [5.41, 5.74) is 2.62. The molecular weight excluding hydrogens is 345 g/mol. The minimum Gasteiger partial charge on any atom is -0.338 e. The van der Waals surface area contributed by atoms with Crippen molar-refractivity contribution in [2.24, 2.45) is 0 Å². The van der Waals surface area contributed by atoms with Gasteiger partial charge in [0.15, 0.2) is 0 Å². The summed E-state index contributed by atoms with van der Waals surface area (Å²) in [7, 11) is 1.73. The van der Waals surface area contributed by atoms with Crippen LogP contribution in [0.3, 0.4) is 0 Å². The molecule has 0 aromatic heterocycles. The first-order valence-electron chi connectivity index (χ1n) is 6.90. The molecule has 2 rings (SSSR count). The summed E-state index contributed by atoms with van der Waals surface area (Å²) >= 11 is 3.29. The van der Waals surface area contributed by atoms with Gasteiger partial charge in [0.05, 0.1) is 0 Å². The summed E-state index contributed by atoms with van der Waals surface area (Å²) in [4.78, 5) is 13.7. The summed E-state index contributed by atoms with van der Waals surface area (Å²) in [5, 5.41) is 0. The third-order valence-electron chi connectivity index (χ3n) is 3.41. The Kier molecular flexibility index (Phi) is 5.50. The molecule has 0 saturated carbocycles. The van der Waals surface area contributed by atoms with Gasteiger partial charge in [0, 0.05) is 29.7 Å². The van der Waals surface area contributed by atoms with Crippen molar-refractivity contribution in [2.75, 3.05) is 7.05 Å². The van der Waals surface area contributed by atoms with Gasteiger partial charge in [-0.25, -0.2) is 4.39 Å². The predicted octanol–water partition coefficient (Wildman–Crippen LogP) is 4.57. The Morgan fingerprint density at radius 3 is 2.73 bits per heavy atom. The number of benzene rings is 2. The van der Waals surface area contributed by atoms with E-state index < -0.39 is 0 Å². The van der Waals surface area contributed by atoms with E-state index in [1.807, 2.05) is 31.2 Å². The molecule has 0 aliphatic carbocycles. The van der Waals surface area contributed by atoms with Gasteiger partial charge in [-0.1, -0.05) is 40.2 Å². The second kappa shape index (κ2) is 7.36. The SMILES string of the molecule is Cc1ccccc1CN(C)C(=O)/C=C/c1cc(Br)ccc1F. The lowest BCUT2D eigenvalue weighted by Gasteiger charge is -2.16. The normalized spacial score (nSPS) is 10.9.